The zero-order valence-corrected chi connectivity index (χ0v) is 11.4. The second-order valence-corrected chi connectivity index (χ2v) is 4.70. The summed E-state index contributed by atoms with van der Waals surface area (Å²) in [5.41, 5.74) is 0. The van der Waals surface area contributed by atoms with E-state index >= 15 is 0 Å². The van der Waals surface area contributed by atoms with Crippen molar-refractivity contribution < 1.29 is 29.1 Å². The van der Waals surface area contributed by atoms with Crippen molar-refractivity contribution in [1.82, 2.24) is 5.06 Å². The molecule has 1 unspecified atom stereocenters. The second-order valence-electron chi connectivity index (χ2n) is 4.70. The van der Waals surface area contributed by atoms with Gasteiger partial charge in [-0.1, -0.05) is 0 Å². The average Bonchev–Trinajstić information content (AvgIpc) is 2.78. The summed E-state index contributed by atoms with van der Waals surface area (Å²) in [6.45, 7) is 1.59. The molecule has 0 saturated carbocycles. The molecule has 0 radical (unpaired) electrons. The van der Waals surface area contributed by atoms with Crippen LogP contribution in [0.4, 0.5) is 0 Å². The number of aromatic hydroxyl groups is 1. The van der Waals surface area contributed by atoms with Crippen molar-refractivity contribution in [3.63, 3.8) is 0 Å². The first-order valence-corrected chi connectivity index (χ1v) is 6.47. The SMILES string of the molecule is CC(COc1ccc(O)cc1)C(=O)ON1C(=O)CCC1=O. The lowest BCUT2D eigenvalue weighted by molar-refractivity contribution is -0.200. The number of phenolic OH excluding ortho intramolecular Hbond substituents is 1. The monoisotopic (exact) mass is 293 g/mol. The van der Waals surface area contributed by atoms with Crippen LogP contribution in [0.3, 0.4) is 0 Å². The molecule has 0 aromatic heterocycles. The number of ether oxygens (including phenoxy) is 1. The Kier molecular flexibility index (Phi) is 4.42. The van der Waals surface area contributed by atoms with Gasteiger partial charge in [0, 0.05) is 12.8 Å². The molecule has 2 amide bonds. The first-order chi connectivity index (χ1) is 9.97. The Morgan fingerprint density at radius 2 is 1.81 bits per heavy atom. The van der Waals surface area contributed by atoms with Crippen LogP contribution in [-0.2, 0) is 19.2 Å². The van der Waals surface area contributed by atoms with Gasteiger partial charge in [0.1, 0.15) is 18.1 Å². The summed E-state index contributed by atoms with van der Waals surface area (Å²) < 4.78 is 5.36. The van der Waals surface area contributed by atoms with Gasteiger partial charge in [-0.05, 0) is 31.2 Å². The van der Waals surface area contributed by atoms with E-state index in [1.807, 2.05) is 0 Å². The summed E-state index contributed by atoms with van der Waals surface area (Å²) in [6, 6.07) is 6.03. The summed E-state index contributed by atoms with van der Waals surface area (Å²) in [6.07, 6.45) is 0.120. The highest BCUT2D eigenvalue weighted by molar-refractivity contribution is 6.01. The highest BCUT2D eigenvalue weighted by Gasteiger charge is 2.34. The maximum atomic E-state index is 11.8. The fourth-order valence-corrected chi connectivity index (χ4v) is 1.67. The van der Waals surface area contributed by atoms with Crippen LogP contribution in [0.2, 0.25) is 0 Å². The lowest BCUT2D eigenvalue weighted by Crippen LogP contribution is -2.35. The number of benzene rings is 1. The molecule has 1 atom stereocenters. The topological polar surface area (TPSA) is 93.1 Å². The number of hydrogen-bond acceptors (Lipinski definition) is 6. The number of imide groups is 1. The van der Waals surface area contributed by atoms with Crippen molar-refractivity contribution >= 4 is 17.8 Å². The summed E-state index contributed by atoms with van der Waals surface area (Å²) in [5.74, 6) is -1.79. The van der Waals surface area contributed by atoms with Crippen molar-refractivity contribution in [3.05, 3.63) is 24.3 Å². The highest BCUT2D eigenvalue weighted by atomic mass is 16.7. The van der Waals surface area contributed by atoms with Gasteiger partial charge in [0.2, 0.25) is 0 Å². The molecular formula is C14H15NO6. The van der Waals surface area contributed by atoms with Crippen molar-refractivity contribution in [2.24, 2.45) is 5.92 Å². The number of nitrogens with zero attached hydrogens (tertiary/aromatic N) is 1. The molecule has 1 fully saturated rings. The molecular weight excluding hydrogens is 278 g/mol. The van der Waals surface area contributed by atoms with Crippen molar-refractivity contribution in [2.75, 3.05) is 6.61 Å². The molecule has 1 N–H and O–H groups in total. The lowest BCUT2D eigenvalue weighted by atomic mass is 10.2. The van der Waals surface area contributed by atoms with Gasteiger partial charge in [-0.25, -0.2) is 4.79 Å². The molecule has 1 aromatic rings. The molecule has 7 heteroatoms. The highest BCUT2D eigenvalue weighted by Crippen LogP contribution is 2.18. The van der Waals surface area contributed by atoms with Gasteiger partial charge in [0.15, 0.2) is 0 Å². The van der Waals surface area contributed by atoms with Gasteiger partial charge in [0.25, 0.3) is 11.8 Å². The molecule has 112 valence electrons. The third-order valence-corrected chi connectivity index (χ3v) is 2.93. The number of amides is 2. The third-order valence-electron chi connectivity index (χ3n) is 2.93. The third kappa shape index (κ3) is 3.71. The molecule has 1 aliphatic heterocycles. The van der Waals surface area contributed by atoms with E-state index in [0.717, 1.165) is 0 Å². The van der Waals surface area contributed by atoms with Crippen LogP contribution in [0.25, 0.3) is 0 Å². The summed E-state index contributed by atoms with van der Waals surface area (Å²) in [4.78, 5) is 39.2. The Labute approximate surface area is 121 Å². The summed E-state index contributed by atoms with van der Waals surface area (Å²) >= 11 is 0. The molecule has 2 rings (SSSR count). The number of hydroxylamine groups is 2. The van der Waals surface area contributed by atoms with Crippen molar-refractivity contribution in [1.29, 1.82) is 0 Å². The number of carbonyl (C=O) groups is 3. The van der Waals surface area contributed by atoms with Crippen LogP contribution in [0.5, 0.6) is 11.5 Å². The van der Waals surface area contributed by atoms with Crippen LogP contribution in [0, 0.1) is 5.92 Å². The van der Waals surface area contributed by atoms with E-state index in [9.17, 15) is 14.4 Å². The van der Waals surface area contributed by atoms with Crippen LogP contribution >= 0.6 is 0 Å². The molecule has 21 heavy (non-hydrogen) atoms. The van der Waals surface area contributed by atoms with Gasteiger partial charge in [-0.2, -0.15) is 0 Å². The molecule has 1 aliphatic rings. The minimum absolute atomic E-state index is 0.0276. The maximum Gasteiger partial charge on any atom is 0.339 e. The quantitative estimate of drug-likeness (QED) is 0.814. The fourth-order valence-electron chi connectivity index (χ4n) is 1.67. The van der Waals surface area contributed by atoms with Gasteiger partial charge in [-0.3, -0.25) is 9.59 Å². The van der Waals surface area contributed by atoms with Crippen LogP contribution in [0.1, 0.15) is 19.8 Å². The van der Waals surface area contributed by atoms with Crippen LogP contribution < -0.4 is 4.74 Å². The molecule has 0 bridgehead atoms. The van der Waals surface area contributed by atoms with Gasteiger partial charge in [-0.15, -0.1) is 5.06 Å². The zero-order valence-electron chi connectivity index (χ0n) is 11.4. The predicted molar refractivity (Wildman–Crippen MR) is 69.9 cm³/mol. The van der Waals surface area contributed by atoms with E-state index in [1.165, 1.54) is 12.1 Å². The Balaban J connectivity index is 1.83. The number of rotatable bonds is 5. The first kappa shape index (κ1) is 14.8. The Morgan fingerprint density at radius 3 is 2.38 bits per heavy atom. The normalized spacial score (nSPS) is 16.0. The number of hydrogen-bond donors (Lipinski definition) is 1. The molecule has 7 nitrogen and oxygen atoms in total. The first-order valence-electron chi connectivity index (χ1n) is 6.47. The Hall–Kier alpha value is -2.57. The summed E-state index contributed by atoms with van der Waals surface area (Å²) in [5, 5.41) is 9.65. The standard InChI is InChI=1S/C14H15NO6/c1-9(8-20-11-4-2-10(16)3-5-11)14(19)21-15-12(17)6-7-13(15)18/h2-5,9,16H,6-8H2,1H3. The number of carbonyl (C=O) groups excluding carboxylic acids is 3. The van der Waals surface area contributed by atoms with Gasteiger partial charge >= 0.3 is 5.97 Å². The molecule has 0 spiro atoms. The van der Waals surface area contributed by atoms with Gasteiger partial charge < -0.3 is 14.7 Å². The van der Waals surface area contributed by atoms with Crippen LogP contribution in [0.15, 0.2) is 24.3 Å². The lowest BCUT2D eigenvalue weighted by Gasteiger charge is -2.16. The molecule has 1 heterocycles. The van der Waals surface area contributed by atoms with Crippen molar-refractivity contribution in [3.8, 4) is 11.5 Å². The number of phenols is 1. The van der Waals surface area contributed by atoms with Crippen molar-refractivity contribution in [2.45, 2.75) is 19.8 Å². The van der Waals surface area contributed by atoms with E-state index < -0.39 is 23.7 Å². The molecule has 0 aliphatic carbocycles. The summed E-state index contributed by atoms with van der Waals surface area (Å²) in [7, 11) is 0. The van der Waals surface area contributed by atoms with E-state index in [0.29, 0.717) is 10.8 Å². The average molecular weight is 293 g/mol. The van der Waals surface area contributed by atoms with E-state index in [4.69, 9.17) is 14.7 Å². The minimum atomic E-state index is -0.711. The maximum absolute atomic E-state index is 11.8. The Bertz CT molecular complexity index is 537. The largest absolute Gasteiger partial charge is 0.508 e. The Morgan fingerprint density at radius 1 is 1.24 bits per heavy atom. The van der Waals surface area contributed by atoms with Gasteiger partial charge in [0.05, 0.1) is 5.92 Å². The predicted octanol–water partition coefficient (Wildman–Crippen LogP) is 1.01. The van der Waals surface area contributed by atoms with E-state index in [-0.39, 0.29) is 25.2 Å². The fraction of sp³-hybridized carbons (Fsp3) is 0.357. The zero-order chi connectivity index (χ0) is 15.4. The van der Waals surface area contributed by atoms with E-state index in [2.05, 4.69) is 0 Å². The van der Waals surface area contributed by atoms with Crippen LogP contribution in [-0.4, -0.2) is 34.6 Å². The minimum Gasteiger partial charge on any atom is -0.508 e. The smallest absolute Gasteiger partial charge is 0.339 e. The second kappa shape index (κ2) is 6.25. The van der Waals surface area contributed by atoms with E-state index in [1.54, 1.807) is 19.1 Å². The molecule has 1 aromatic carbocycles. The molecule has 1 saturated heterocycles.